The van der Waals surface area contributed by atoms with Crippen LogP contribution in [0.5, 0.6) is 5.75 Å². The van der Waals surface area contributed by atoms with Crippen molar-refractivity contribution in [1.29, 1.82) is 0 Å². The van der Waals surface area contributed by atoms with Crippen LogP contribution in [-0.4, -0.2) is 15.7 Å². The summed E-state index contributed by atoms with van der Waals surface area (Å²) in [4.78, 5) is 23.7. The van der Waals surface area contributed by atoms with E-state index in [-0.39, 0.29) is 5.75 Å². The zero-order chi connectivity index (χ0) is 19.3. The van der Waals surface area contributed by atoms with Gasteiger partial charge in [-0.2, -0.15) is 0 Å². The molecule has 0 saturated heterocycles. The molecule has 1 fully saturated rings. The smallest absolute Gasteiger partial charge is 0.449 e. The standard InChI is InChI=1S/C21H20N2O4/c1-11-9-14(5-6-17(11)22)15-7-8-23-19(12(15)2)16(13-3-4-13)10-18(20(23)24)27-21(25)26/h5-10,13H,3-4,22H2,1-2H3,(H,25,26). The summed E-state index contributed by atoms with van der Waals surface area (Å²) in [6.07, 6.45) is 2.24. The first-order chi connectivity index (χ1) is 12.9. The van der Waals surface area contributed by atoms with Gasteiger partial charge in [0.25, 0.3) is 5.56 Å². The molecule has 1 saturated carbocycles. The third kappa shape index (κ3) is 2.93. The molecular formula is C21H20N2O4. The minimum absolute atomic E-state index is 0.155. The molecule has 3 N–H and O–H groups in total. The van der Waals surface area contributed by atoms with Crippen LogP contribution in [0, 0.1) is 13.8 Å². The van der Waals surface area contributed by atoms with Gasteiger partial charge >= 0.3 is 6.16 Å². The number of fused-ring (bicyclic) bond motifs is 1. The zero-order valence-corrected chi connectivity index (χ0v) is 15.2. The summed E-state index contributed by atoms with van der Waals surface area (Å²) in [6, 6.07) is 9.35. The highest BCUT2D eigenvalue weighted by molar-refractivity contribution is 5.79. The Hall–Kier alpha value is -3.28. The average Bonchev–Trinajstić information content (AvgIpc) is 3.45. The van der Waals surface area contributed by atoms with Gasteiger partial charge in [0, 0.05) is 11.9 Å². The normalized spacial score (nSPS) is 13.7. The van der Waals surface area contributed by atoms with E-state index in [0.29, 0.717) is 5.92 Å². The fourth-order valence-electron chi connectivity index (χ4n) is 3.60. The topological polar surface area (TPSA) is 94.0 Å². The molecule has 2 aromatic heterocycles. The molecule has 1 aromatic carbocycles. The SMILES string of the molecule is Cc1cc(-c2ccn3c(=O)c(OC(=O)O)cc(C4CC4)c3c2C)ccc1N. The number of nitrogens with zero attached hydrogens (tertiary/aromatic N) is 1. The number of ether oxygens (including phenoxy) is 1. The van der Waals surface area contributed by atoms with Gasteiger partial charge in [0.2, 0.25) is 0 Å². The Morgan fingerprint density at radius 2 is 1.96 bits per heavy atom. The van der Waals surface area contributed by atoms with Crippen LogP contribution in [0.3, 0.4) is 0 Å². The number of rotatable bonds is 3. The molecule has 3 aromatic rings. The van der Waals surface area contributed by atoms with Crippen molar-refractivity contribution in [2.24, 2.45) is 0 Å². The lowest BCUT2D eigenvalue weighted by atomic mass is 9.96. The second-order valence-electron chi connectivity index (χ2n) is 7.06. The minimum Gasteiger partial charge on any atom is -0.449 e. The van der Waals surface area contributed by atoms with E-state index < -0.39 is 11.7 Å². The fraction of sp³-hybridized carbons (Fsp3) is 0.238. The van der Waals surface area contributed by atoms with E-state index in [0.717, 1.165) is 51.9 Å². The Kier molecular flexibility index (Phi) is 3.91. The molecule has 0 atom stereocenters. The lowest BCUT2D eigenvalue weighted by molar-refractivity contribution is 0.143. The molecule has 0 aliphatic heterocycles. The Morgan fingerprint density at radius 1 is 1.22 bits per heavy atom. The molecule has 4 rings (SSSR count). The quantitative estimate of drug-likeness (QED) is 0.539. The van der Waals surface area contributed by atoms with Crippen LogP contribution in [0.15, 0.2) is 41.3 Å². The monoisotopic (exact) mass is 364 g/mol. The number of pyridine rings is 2. The minimum atomic E-state index is -1.49. The maximum absolute atomic E-state index is 12.7. The van der Waals surface area contributed by atoms with E-state index in [4.69, 9.17) is 15.6 Å². The highest BCUT2D eigenvalue weighted by Gasteiger charge is 2.29. The van der Waals surface area contributed by atoms with Gasteiger partial charge in [-0.05, 0) is 84.7 Å². The van der Waals surface area contributed by atoms with Crippen molar-refractivity contribution in [3.63, 3.8) is 0 Å². The molecule has 1 aliphatic carbocycles. The first kappa shape index (κ1) is 17.1. The van der Waals surface area contributed by atoms with Crippen molar-refractivity contribution in [3.05, 3.63) is 63.6 Å². The van der Waals surface area contributed by atoms with Crippen LogP contribution >= 0.6 is 0 Å². The molecule has 2 heterocycles. The highest BCUT2D eigenvalue weighted by Crippen LogP contribution is 2.44. The third-order valence-corrected chi connectivity index (χ3v) is 5.18. The lowest BCUT2D eigenvalue weighted by Gasteiger charge is -2.16. The molecule has 0 amide bonds. The van der Waals surface area contributed by atoms with E-state index in [1.807, 2.05) is 38.1 Å². The van der Waals surface area contributed by atoms with Crippen LogP contribution in [0.1, 0.15) is 35.4 Å². The number of hydrogen-bond donors (Lipinski definition) is 2. The lowest BCUT2D eigenvalue weighted by Crippen LogP contribution is -2.20. The average molecular weight is 364 g/mol. The molecule has 0 spiro atoms. The van der Waals surface area contributed by atoms with E-state index >= 15 is 0 Å². The van der Waals surface area contributed by atoms with Gasteiger partial charge in [-0.1, -0.05) is 6.07 Å². The van der Waals surface area contributed by atoms with Gasteiger partial charge in [-0.15, -0.1) is 0 Å². The Balaban J connectivity index is 1.99. The van der Waals surface area contributed by atoms with E-state index in [1.165, 1.54) is 4.40 Å². The second-order valence-corrected chi connectivity index (χ2v) is 7.06. The number of benzene rings is 1. The second kappa shape index (κ2) is 6.16. The summed E-state index contributed by atoms with van der Waals surface area (Å²) < 4.78 is 6.22. The molecule has 6 nitrogen and oxygen atoms in total. The largest absolute Gasteiger partial charge is 0.511 e. The van der Waals surface area contributed by atoms with Crippen molar-refractivity contribution >= 4 is 17.4 Å². The Morgan fingerprint density at radius 3 is 2.59 bits per heavy atom. The first-order valence-electron chi connectivity index (χ1n) is 8.83. The van der Waals surface area contributed by atoms with Crippen LogP contribution in [-0.2, 0) is 0 Å². The zero-order valence-electron chi connectivity index (χ0n) is 15.2. The molecule has 0 unspecified atom stereocenters. The van der Waals surface area contributed by atoms with Gasteiger partial charge in [-0.25, -0.2) is 4.79 Å². The summed E-state index contributed by atoms with van der Waals surface area (Å²) in [5, 5.41) is 8.92. The van der Waals surface area contributed by atoms with Crippen LogP contribution in [0.2, 0.25) is 0 Å². The van der Waals surface area contributed by atoms with Gasteiger partial charge in [0.15, 0.2) is 5.75 Å². The molecule has 0 bridgehead atoms. The first-order valence-corrected chi connectivity index (χ1v) is 8.83. The number of aryl methyl sites for hydroxylation is 2. The number of nitrogen functional groups attached to an aromatic ring is 1. The molecule has 27 heavy (non-hydrogen) atoms. The van der Waals surface area contributed by atoms with Crippen molar-refractivity contribution in [1.82, 2.24) is 4.40 Å². The Labute approximate surface area is 155 Å². The van der Waals surface area contributed by atoms with Crippen LogP contribution in [0.4, 0.5) is 10.5 Å². The predicted molar refractivity (Wildman–Crippen MR) is 104 cm³/mol. The molecule has 6 heteroatoms. The molecule has 0 radical (unpaired) electrons. The van der Waals surface area contributed by atoms with Gasteiger partial charge in [0.05, 0.1) is 5.52 Å². The maximum Gasteiger partial charge on any atom is 0.511 e. The number of nitrogens with two attached hydrogens (primary N) is 1. The number of anilines is 1. The van der Waals surface area contributed by atoms with E-state index in [1.54, 1.807) is 12.3 Å². The van der Waals surface area contributed by atoms with Crippen LogP contribution < -0.4 is 16.0 Å². The summed E-state index contributed by atoms with van der Waals surface area (Å²) >= 11 is 0. The van der Waals surface area contributed by atoms with E-state index in [9.17, 15) is 9.59 Å². The van der Waals surface area contributed by atoms with Gasteiger partial charge < -0.3 is 15.6 Å². The number of hydrogen-bond acceptors (Lipinski definition) is 4. The molecule has 1 aliphatic rings. The number of aromatic nitrogens is 1. The van der Waals surface area contributed by atoms with Crippen LogP contribution in [0.25, 0.3) is 16.6 Å². The number of carbonyl (C=O) groups is 1. The maximum atomic E-state index is 12.7. The molecular weight excluding hydrogens is 344 g/mol. The summed E-state index contributed by atoms with van der Waals surface area (Å²) in [5.41, 5.74) is 12.0. The fourth-order valence-corrected chi connectivity index (χ4v) is 3.60. The highest BCUT2D eigenvalue weighted by atomic mass is 16.7. The number of carboxylic acid groups (broad SMARTS) is 1. The summed E-state index contributed by atoms with van der Waals surface area (Å²) in [7, 11) is 0. The summed E-state index contributed by atoms with van der Waals surface area (Å²) in [5.74, 6) is 0.163. The van der Waals surface area contributed by atoms with E-state index in [2.05, 4.69) is 0 Å². The molecule has 138 valence electrons. The van der Waals surface area contributed by atoms with Crippen molar-refractivity contribution < 1.29 is 14.6 Å². The van der Waals surface area contributed by atoms with Crippen molar-refractivity contribution in [2.45, 2.75) is 32.6 Å². The Bertz CT molecular complexity index is 1140. The predicted octanol–water partition coefficient (Wildman–Crippen LogP) is 4.10. The van der Waals surface area contributed by atoms with Gasteiger partial charge in [0.1, 0.15) is 0 Å². The van der Waals surface area contributed by atoms with Crippen molar-refractivity contribution in [2.75, 3.05) is 5.73 Å². The van der Waals surface area contributed by atoms with Gasteiger partial charge in [-0.3, -0.25) is 9.20 Å². The van der Waals surface area contributed by atoms with Crippen molar-refractivity contribution in [3.8, 4) is 16.9 Å². The summed E-state index contributed by atoms with van der Waals surface area (Å²) in [6.45, 7) is 3.95. The third-order valence-electron chi connectivity index (χ3n) is 5.18.